The monoisotopic (exact) mass is 525 g/mol. The quantitative estimate of drug-likeness (QED) is 0.402. The topological polar surface area (TPSA) is 72.8 Å². The van der Waals surface area contributed by atoms with Crippen molar-refractivity contribution >= 4 is 31.2 Å². The summed E-state index contributed by atoms with van der Waals surface area (Å²) < 4.78 is 14.1. The molecule has 202 valence electrons. The van der Waals surface area contributed by atoms with E-state index in [0.29, 0.717) is 13.2 Å². The highest BCUT2D eigenvalue weighted by atomic mass is 28.4. The summed E-state index contributed by atoms with van der Waals surface area (Å²) in [6, 6.07) is 5.92. The summed E-state index contributed by atoms with van der Waals surface area (Å²) in [5, 5.41) is 4.58. The number of carbonyl (C=O) groups excluding carboxylic acids is 2. The zero-order chi connectivity index (χ0) is 27.2. The average Bonchev–Trinajstić information content (AvgIpc) is 3.17. The van der Waals surface area contributed by atoms with E-state index < -0.39 is 14.4 Å². The molecule has 0 aliphatic carbocycles. The Kier molecular flexibility index (Phi) is 7.49. The first-order chi connectivity index (χ1) is 17.3. The molecule has 2 aliphatic heterocycles. The second kappa shape index (κ2) is 10.0. The summed E-state index contributed by atoms with van der Waals surface area (Å²) in [6.07, 6.45) is 2.93. The van der Waals surface area contributed by atoms with Crippen molar-refractivity contribution in [1.82, 2.24) is 14.8 Å². The standard InChI is InChI=1S/C29H43N3O4Si/c1-9-16-35-27(34)32-23-17-20(2)10-11-22(23)25-26(32)24(18-36-37(7,8)28(4,5)6)31(21(3)33)19-29(25)12-14-30-15-13-29/h9-11,17,24,30H,1,12-16,18-19H2,2-8H3/t24-/m0/s1. The Bertz CT molecular complexity index is 1200. The molecule has 2 aliphatic rings. The lowest BCUT2D eigenvalue weighted by atomic mass is 9.68. The van der Waals surface area contributed by atoms with Gasteiger partial charge in [0.2, 0.25) is 5.91 Å². The maximum Gasteiger partial charge on any atom is 0.419 e. The molecule has 0 radical (unpaired) electrons. The minimum atomic E-state index is -2.12. The molecule has 1 spiro atoms. The highest BCUT2D eigenvalue weighted by molar-refractivity contribution is 6.74. The van der Waals surface area contributed by atoms with Gasteiger partial charge in [-0.3, -0.25) is 4.79 Å². The van der Waals surface area contributed by atoms with Crippen molar-refractivity contribution in [2.45, 2.75) is 77.0 Å². The number of fused-ring (bicyclic) bond motifs is 4. The molecule has 2 aromatic rings. The predicted octanol–water partition coefficient (Wildman–Crippen LogP) is 5.67. The van der Waals surface area contributed by atoms with E-state index in [0.717, 1.165) is 48.1 Å². The summed E-state index contributed by atoms with van der Waals surface area (Å²) in [7, 11) is -2.12. The van der Waals surface area contributed by atoms with Crippen LogP contribution in [0.3, 0.4) is 0 Å². The van der Waals surface area contributed by atoms with E-state index in [-0.39, 0.29) is 29.0 Å². The van der Waals surface area contributed by atoms with Gasteiger partial charge in [-0.1, -0.05) is 45.6 Å². The molecule has 1 aromatic heterocycles. The van der Waals surface area contributed by atoms with Gasteiger partial charge in [-0.25, -0.2) is 9.36 Å². The van der Waals surface area contributed by atoms with Crippen LogP contribution in [0, 0.1) is 6.92 Å². The second-order valence-corrected chi connectivity index (χ2v) is 17.1. The third-order valence-corrected chi connectivity index (χ3v) is 13.2. The Hall–Kier alpha value is -2.42. The number of carbonyl (C=O) groups is 2. The van der Waals surface area contributed by atoms with Crippen LogP contribution in [-0.2, 0) is 19.4 Å². The van der Waals surface area contributed by atoms with Crippen molar-refractivity contribution in [3.8, 4) is 0 Å². The first-order valence-corrected chi connectivity index (χ1v) is 16.3. The van der Waals surface area contributed by atoms with Gasteiger partial charge in [0.1, 0.15) is 6.61 Å². The van der Waals surface area contributed by atoms with E-state index in [1.165, 1.54) is 5.56 Å². The summed E-state index contributed by atoms with van der Waals surface area (Å²) >= 11 is 0. The molecule has 0 bridgehead atoms. The lowest BCUT2D eigenvalue weighted by Crippen LogP contribution is -2.55. The zero-order valence-corrected chi connectivity index (χ0v) is 24.6. The van der Waals surface area contributed by atoms with Crippen molar-refractivity contribution in [3.63, 3.8) is 0 Å². The number of rotatable bonds is 5. The molecule has 8 heteroatoms. The highest BCUT2D eigenvalue weighted by Crippen LogP contribution is 2.50. The Balaban J connectivity index is 1.99. The second-order valence-electron chi connectivity index (χ2n) is 12.2. The molecule has 1 N–H and O–H groups in total. The van der Waals surface area contributed by atoms with E-state index in [1.807, 2.05) is 11.8 Å². The van der Waals surface area contributed by atoms with Gasteiger partial charge >= 0.3 is 6.09 Å². The van der Waals surface area contributed by atoms with Crippen molar-refractivity contribution in [1.29, 1.82) is 0 Å². The van der Waals surface area contributed by atoms with Crippen molar-refractivity contribution in [2.75, 3.05) is 32.8 Å². The van der Waals surface area contributed by atoms with Gasteiger partial charge in [-0.2, -0.15) is 0 Å². The number of hydrogen-bond acceptors (Lipinski definition) is 5. The fourth-order valence-electron chi connectivity index (χ4n) is 5.66. The number of benzene rings is 1. The molecule has 0 unspecified atom stereocenters. The third-order valence-electron chi connectivity index (χ3n) is 8.74. The molecular weight excluding hydrogens is 482 g/mol. The number of nitrogens with zero attached hydrogens (tertiary/aromatic N) is 2. The first-order valence-electron chi connectivity index (χ1n) is 13.4. The number of nitrogens with one attached hydrogen (secondary N) is 1. The van der Waals surface area contributed by atoms with Crippen LogP contribution < -0.4 is 5.32 Å². The van der Waals surface area contributed by atoms with Gasteiger partial charge in [-0.05, 0) is 68.2 Å². The number of piperidine rings is 1. The van der Waals surface area contributed by atoms with Gasteiger partial charge in [0.15, 0.2) is 8.32 Å². The van der Waals surface area contributed by atoms with Gasteiger partial charge in [0.25, 0.3) is 0 Å². The smallest absolute Gasteiger partial charge is 0.419 e. The summed E-state index contributed by atoms with van der Waals surface area (Å²) in [5.74, 6) is -0.000153. The van der Waals surface area contributed by atoms with Crippen LogP contribution in [0.15, 0.2) is 30.9 Å². The maximum absolute atomic E-state index is 13.7. The van der Waals surface area contributed by atoms with E-state index in [4.69, 9.17) is 9.16 Å². The molecule has 1 amide bonds. The Morgan fingerprint density at radius 1 is 1.24 bits per heavy atom. The Labute approximate surface area is 222 Å². The normalized spacial score (nSPS) is 19.6. The summed E-state index contributed by atoms with van der Waals surface area (Å²) in [6.45, 7) is 21.3. The fraction of sp³-hybridized carbons (Fsp3) is 0.586. The van der Waals surface area contributed by atoms with Crippen molar-refractivity contribution < 1.29 is 18.8 Å². The number of hydrogen-bond donors (Lipinski definition) is 1. The Morgan fingerprint density at radius 2 is 1.92 bits per heavy atom. The molecule has 1 atom stereocenters. The molecule has 1 saturated heterocycles. The minimum Gasteiger partial charge on any atom is -0.445 e. The molecule has 1 aromatic carbocycles. The number of aromatic nitrogens is 1. The van der Waals surface area contributed by atoms with Crippen molar-refractivity contribution in [3.05, 3.63) is 47.7 Å². The van der Waals surface area contributed by atoms with Crippen LogP contribution >= 0.6 is 0 Å². The average molecular weight is 526 g/mol. The summed E-state index contributed by atoms with van der Waals surface area (Å²) in [4.78, 5) is 28.8. The number of aryl methyl sites for hydroxylation is 1. The van der Waals surface area contributed by atoms with Crippen LogP contribution in [0.4, 0.5) is 4.79 Å². The molecule has 7 nitrogen and oxygen atoms in total. The lowest BCUT2D eigenvalue weighted by Gasteiger charge is -2.49. The fourth-order valence-corrected chi connectivity index (χ4v) is 6.67. The number of amides is 1. The van der Waals surface area contributed by atoms with Gasteiger partial charge in [0.05, 0.1) is 23.9 Å². The maximum atomic E-state index is 13.7. The molecule has 1 fully saturated rings. The van der Waals surface area contributed by atoms with Crippen LogP contribution in [0.1, 0.15) is 63.4 Å². The van der Waals surface area contributed by atoms with Gasteiger partial charge in [0, 0.05) is 24.3 Å². The van der Waals surface area contributed by atoms with E-state index in [2.05, 4.69) is 64.0 Å². The van der Waals surface area contributed by atoms with Crippen LogP contribution in [0.25, 0.3) is 10.9 Å². The van der Waals surface area contributed by atoms with Crippen LogP contribution in [0.2, 0.25) is 18.1 Å². The Morgan fingerprint density at radius 3 is 2.51 bits per heavy atom. The largest absolute Gasteiger partial charge is 0.445 e. The SMILES string of the molecule is C=CCOC(=O)n1c2c(c3ccc(C)cc31)C1(CCNCC1)CN(C(C)=O)[C@H]2CO[Si](C)(C)C(C)(C)C. The van der Waals surface area contributed by atoms with E-state index >= 15 is 0 Å². The summed E-state index contributed by atoms with van der Waals surface area (Å²) in [5.41, 5.74) is 3.69. The van der Waals surface area contributed by atoms with Gasteiger partial charge < -0.3 is 19.4 Å². The zero-order valence-electron chi connectivity index (χ0n) is 23.6. The molecule has 37 heavy (non-hydrogen) atoms. The van der Waals surface area contributed by atoms with Crippen molar-refractivity contribution in [2.24, 2.45) is 0 Å². The molecule has 0 saturated carbocycles. The predicted molar refractivity (Wildman–Crippen MR) is 151 cm³/mol. The molecule has 3 heterocycles. The van der Waals surface area contributed by atoms with E-state index in [1.54, 1.807) is 17.6 Å². The minimum absolute atomic E-state index is 0.000153. The van der Waals surface area contributed by atoms with Crippen LogP contribution in [0.5, 0.6) is 0 Å². The molecular formula is C29H43N3O4Si. The first kappa shape index (κ1) is 27.6. The lowest BCUT2D eigenvalue weighted by molar-refractivity contribution is -0.134. The van der Waals surface area contributed by atoms with Gasteiger partial charge in [-0.15, -0.1) is 0 Å². The highest BCUT2D eigenvalue weighted by Gasteiger charge is 2.50. The number of ether oxygens (including phenoxy) is 1. The van der Waals surface area contributed by atoms with E-state index in [9.17, 15) is 9.59 Å². The van der Waals surface area contributed by atoms with Crippen LogP contribution in [-0.4, -0.2) is 62.6 Å². The molecule has 4 rings (SSSR count). The third kappa shape index (κ3) is 4.91.